The molecule has 2 N–H and O–H groups in total. The molecule has 1 rings (SSSR count). The molecule has 1 aliphatic rings. The molecule has 0 radical (unpaired) electrons. The minimum Gasteiger partial charge on any atom is -0.501 e. The highest BCUT2D eigenvalue weighted by atomic mass is 16.5. The third-order valence-corrected chi connectivity index (χ3v) is 2.32. The Morgan fingerprint density at radius 2 is 2.00 bits per heavy atom. The Labute approximate surface area is 80.5 Å². The quantitative estimate of drug-likeness (QED) is 0.674. The van der Waals surface area contributed by atoms with Gasteiger partial charge in [-0.15, -0.1) is 0 Å². The lowest BCUT2D eigenvalue weighted by atomic mass is 9.94. The minimum absolute atomic E-state index is 0.391. The van der Waals surface area contributed by atoms with Gasteiger partial charge in [0.25, 0.3) is 0 Å². The van der Waals surface area contributed by atoms with Crippen LogP contribution in [0, 0.1) is 11.8 Å². The Kier molecular flexibility index (Phi) is 3.40. The molecule has 1 aliphatic carbocycles. The van der Waals surface area contributed by atoms with Crippen LogP contribution in [0.4, 0.5) is 0 Å². The summed E-state index contributed by atoms with van der Waals surface area (Å²) >= 11 is 0. The molecule has 2 unspecified atom stereocenters. The zero-order valence-electron chi connectivity index (χ0n) is 8.71. The maximum Gasteiger partial charge on any atom is 0.0924 e. The van der Waals surface area contributed by atoms with Crippen molar-refractivity contribution in [1.82, 2.24) is 0 Å². The molecule has 2 nitrogen and oxygen atoms in total. The number of ether oxygens (including phenoxy) is 1. The van der Waals surface area contributed by atoms with Crippen molar-refractivity contribution in [2.24, 2.45) is 17.6 Å². The number of hydrogen-bond donors (Lipinski definition) is 1. The summed E-state index contributed by atoms with van der Waals surface area (Å²) in [7, 11) is 1.74. The number of allylic oxidation sites excluding steroid dienone is 4. The van der Waals surface area contributed by atoms with Gasteiger partial charge < -0.3 is 10.5 Å². The average Bonchev–Trinajstić information content (AvgIpc) is 1.99. The molecule has 0 saturated heterocycles. The third kappa shape index (κ3) is 3.13. The highest BCUT2D eigenvalue weighted by Crippen LogP contribution is 2.23. The van der Waals surface area contributed by atoms with Crippen LogP contribution in [0.2, 0.25) is 0 Å². The fourth-order valence-electron chi connectivity index (χ4n) is 1.78. The molecule has 74 valence electrons. The van der Waals surface area contributed by atoms with Gasteiger partial charge in [0.05, 0.1) is 12.9 Å². The lowest BCUT2D eigenvalue weighted by Crippen LogP contribution is -2.10. The predicted molar refractivity (Wildman–Crippen MR) is 54.9 cm³/mol. The van der Waals surface area contributed by atoms with Gasteiger partial charge in [0.15, 0.2) is 0 Å². The molecule has 0 heterocycles. The second kappa shape index (κ2) is 4.35. The molecule has 2 heteroatoms. The monoisotopic (exact) mass is 181 g/mol. The molecule has 0 saturated carbocycles. The van der Waals surface area contributed by atoms with E-state index in [2.05, 4.69) is 26.0 Å². The van der Waals surface area contributed by atoms with E-state index in [1.165, 1.54) is 0 Å². The van der Waals surface area contributed by atoms with Crippen molar-refractivity contribution in [2.45, 2.75) is 26.7 Å². The van der Waals surface area contributed by atoms with Gasteiger partial charge in [0.2, 0.25) is 0 Å². The Bertz CT molecular complexity index is 230. The highest BCUT2D eigenvalue weighted by molar-refractivity contribution is 5.11. The summed E-state index contributed by atoms with van der Waals surface area (Å²) in [6, 6.07) is 0. The lowest BCUT2D eigenvalue weighted by Gasteiger charge is -2.18. The molecule has 0 fully saturated rings. The molecule has 0 amide bonds. The van der Waals surface area contributed by atoms with Crippen molar-refractivity contribution in [1.29, 1.82) is 0 Å². The number of methoxy groups -OCH3 is 1. The molecular weight excluding hydrogens is 162 g/mol. The number of hydrogen-bond acceptors (Lipinski definition) is 2. The van der Waals surface area contributed by atoms with Crippen LogP contribution in [-0.2, 0) is 4.74 Å². The first kappa shape index (κ1) is 10.2. The van der Waals surface area contributed by atoms with Crippen LogP contribution in [0.3, 0.4) is 0 Å². The van der Waals surface area contributed by atoms with Gasteiger partial charge in [-0.25, -0.2) is 0 Å². The molecular formula is C11H19NO. The summed E-state index contributed by atoms with van der Waals surface area (Å²) < 4.78 is 5.29. The van der Waals surface area contributed by atoms with Gasteiger partial charge in [0, 0.05) is 12.1 Å². The summed E-state index contributed by atoms with van der Waals surface area (Å²) in [5.41, 5.74) is 6.87. The standard InChI is InChI=1S/C11H19NO/c1-8-4-10(12)5-9(2)7-11(6-8)13-3/h4,6,8-9H,5,7,12H2,1-3H3/b10-4-,11-6+. The van der Waals surface area contributed by atoms with Crippen molar-refractivity contribution in [3.8, 4) is 0 Å². The van der Waals surface area contributed by atoms with E-state index in [1.54, 1.807) is 7.11 Å². The zero-order chi connectivity index (χ0) is 9.84. The Hall–Kier alpha value is -0.920. The molecule has 13 heavy (non-hydrogen) atoms. The van der Waals surface area contributed by atoms with Crippen molar-refractivity contribution >= 4 is 0 Å². The van der Waals surface area contributed by atoms with Gasteiger partial charge in [-0.2, -0.15) is 0 Å². The summed E-state index contributed by atoms with van der Waals surface area (Å²) in [6.45, 7) is 4.32. The SMILES string of the molecule is CO/C1=C/C(C)/C=C(\N)CC(C)C1. The van der Waals surface area contributed by atoms with Crippen LogP contribution in [-0.4, -0.2) is 7.11 Å². The van der Waals surface area contributed by atoms with Crippen LogP contribution in [0.1, 0.15) is 26.7 Å². The van der Waals surface area contributed by atoms with E-state index in [0.717, 1.165) is 24.3 Å². The van der Waals surface area contributed by atoms with Crippen LogP contribution in [0.5, 0.6) is 0 Å². The van der Waals surface area contributed by atoms with Crippen LogP contribution >= 0.6 is 0 Å². The van der Waals surface area contributed by atoms with Gasteiger partial charge in [-0.05, 0) is 24.3 Å². The third-order valence-electron chi connectivity index (χ3n) is 2.32. The maximum absolute atomic E-state index is 5.86. The van der Waals surface area contributed by atoms with Gasteiger partial charge >= 0.3 is 0 Å². The summed E-state index contributed by atoms with van der Waals surface area (Å²) in [5, 5.41) is 0. The zero-order valence-corrected chi connectivity index (χ0v) is 8.71. The molecule has 0 aromatic heterocycles. The van der Waals surface area contributed by atoms with Crippen LogP contribution < -0.4 is 5.73 Å². The second-order valence-corrected chi connectivity index (χ2v) is 3.95. The molecule has 0 aliphatic heterocycles. The van der Waals surface area contributed by atoms with Gasteiger partial charge in [-0.3, -0.25) is 0 Å². The van der Waals surface area contributed by atoms with E-state index < -0.39 is 0 Å². The number of rotatable bonds is 1. The molecule has 0 aromatic rings. The highest BCUT2D eigenvalue weighted by Gasteiger charge is 2.12. The molecule has 2 atom stereocenters. The Balaban J connectivity index is 2.79. The summed E-state index contributed by atoms with van der Waals surface area (Å²) in [4.78, 5) is 0. The minimum atomic E-state index is 0.391. The van der Waals surface area contributed by atoms with Crippen molar-refractivity contribution in [3.63, 3.8) is 0 Å². The van der Waals surface area contributed by atoms with E-state index in [9.17, 15) is 0 Å². The maximum atomic E-state index is 5.86. The first-order valence-electron chi connectivity index (χ1n) is 4.82. The average molecular weight is 181 g/mol. The van der Waals surface area contributed by atoms with Crippen molar-refractivity contribution in [3.05, 3.63) is 23.6 Å². The van der Waals surface area contributed by atoms with E-state index >= 15 is 0 Å². The topological polar surface area (TPSA) is 35.2 Å². The normalized spacial score (nSPS) is 37.8. The van der Waals surface area contributed by atoms with Gasteiger partial charge in [-0.1, -0.05) is 19.9 Å². The molecule has 0 spiro atoms. The lowest BCUT2D eigenvalue weighted by molar-refractivity contribution is 0.257. The Morgan fingerprint density at radius 1 is 1.31 bits per heavy atom. The van der Waals surface area contributed by atoms with Crippen LogP contribution in [0.15, 0.2) is 23.6 Å². The smallest absolute Gasteiger partial charge is 0.0924 e. The summed E-state index contributed by atoms with van der Waals surface area (Å²) in [6.07, 6.45) is 6.22. The predicted octanol–water partition coefficient (Wildman–Crippen LogP) is 2.43. The molecule has 0 aromatic carbocycles. The summed E-state index contributed by atoms with van der Waals surface area (Å²) in [5.74, 6) is 2.06. The van der Waals surface area contributed by atoms with Crippen molar-refractivity contribution in [2.75, 3.05) is 7.11 Å². The van der Waals surface area contributed by atoms with E-state index in [0.29, 0.717) is 11.8 Å². The van der Waals surface area contributed by atoms with Crippen LogP contribution in [0.25, 0.3) is 0 Å². The largest absolute Gasteiger partial charge is 0.501 e. The Morgan fingerprint density at radius 3 is 2.62 bits per heavy atom. The fourth-order valence-corrected chi connectivity index (χ4v) is 1.78. The second-order valence-electron chi connectivity index (χ2n) is 3.95. The van der Waals surface area contributed by atoms with E-state index in [4.69, 9.17) is 10.5 Å². The van der Waals surface area contributed by atoms with Gasteiger partial charge in [0.1, 0.15) is 0 Å². The van der Waals surface area contributed by atoms with E-state index in [1.807, 2.05) is 0 Å². The first-order chi connectivity index (χ1) is 6.11. The van der Waals surface area contributed by atoms with Crippen molar-refractivity contribution < 1.29 is 4.74 Å². The molecule has 0 bridgehead atoms. The fraction of sp³-hybridized carbons (Fsp3) is 0.636. The van der Waals surface area contributed by atoms with E-state index in [-0.39, 0.29) is 0 Å². The number of nitrogens with two attached hydrogens (primary N) is 1. The first-order valence-corrected chi connectivity index (χ1v) is 4.82.